The van der Waals surface area contributed by atoms with E-state index in [2.05, 4.69) is 15.6 Å². The van der Waals surface area contributed by atoms with Crippen LogP contribution in [0.25, 0.3) is 11.0 Å². The lowest BCUT2D eigenvalue weighted by Crippen LogP contribution is -2.35. The molecule has 3 aromatic rings. The number of fused-ring (bicyclic) bond motifs is 1. The van der Waals surface area contributed by atoms with Crippen LogP contribution in [0.15, 0.2) is 42.5 Å². The van der Waals surface area contributed by atoms with Crippen molar-refractivity contribution in [2.24, 2.45) is 0 Å². The van der Waals surface area contributed by atoms with Gasteiger partial charge in [-0.3, -0.25) is 4.79 Å². The van der Waals surface area contributed by atoms with E-state index in [0.717, 1.165) is 22.5 Å². The molecule has 6 nitrogen and oxygen atoms in total. The molecule has 1 heterocycles. The summed E-state index contributed by atoms with van der Waals surface area (Å²) in [7, 11) is 0. The van der Waals surface area contributed by atoms with E-state index in [4.69, 9.17) is 4.84 Å². The van der Waals surface area contributed by atoms with Gasteiger partial charge in [-0.2, -0.15) is 13.2 Å². The first kappa shape index (κ1) is 17.7. The summed E-state index contributed by atoms with van der Waals surface area (Å²) in [5.74, 6) is -0.466. The van der Waals surface area contributed by atoms with Gasteiger partial charge in [0.05, 0.1) is 5.56 Å². The van der Waals surface area contributed by atoms with Crippen molar-refractivity contribution in [3.63, 3.8) is 0 Å². The second-order valence-corrected chi connectivity index (χ2v) is 5.77. The van der Waals surface area contributed by atoms with Crippen molar-refractivity contribution in [1.29, 1.82) is 0 Å². The van der Waals surface area contributed by atoms with Gasteiger partial charge in [0.25, 0.3) is 5.91 Å². The van der Waals surface area contributed by atoms with Crippen LogP contribution in [0.2, 0.25) is 0 Å². The highest BCUT2D eigenvalue weighted by Crippen LogP contribution is 2.30. The average molecular weight is 364 g/mol. The number of anilines is 1. The molecule has 0 fully saturated rings. The number of aryl methyl sites for hydroxylation is 1. The summed E-state index contributed by atoms with van der Waals surface area (Å²) in [5.41, 5.74) is 0.958. The number of hydrogen-bond donors (Lipinski definition) is 1. The lowest BCUT2D eigenvalue weighted by atomic mass is 10.2. The molecule has 0 radical (unpaired) electrons. The van der Waals surface area contributed by atoms with E-state index >= 15 is 0 Å². The second kappa shape index (κ2) is 6.66. The number of aromatic nitrogens is 3. The van der Waals surface area contributed by atoms with Crippen molar-refractivity contribution in [3.8, 4) is 0 Å². The Kier molecular flexibility index (Phi) is 4.54. The van der Waals surface area contributed by atoms with Crippen LogP contribution in [0.4, 0.5) is 18.9 Å². The summed E-state index contributed by atoms with van der Waals surface area (Å²) in [5, 5.41) is 10.1. The maximum atomic E-state index is 12.9. The predicted octanol–water partition coefficient (Wildman–Crippen LogP) is 3.21. The molecule has 0 aliphatic rings. The highest BCUT2D eigenvalue weighted by Gasteiger charge is 2.31. The van der Waals surface area contributed by atoms with E-state index in [1.54, 1.807) is 18.2 Å². The van der Waals surface area contributed by atoms with E-state index in [0.29, 0.717) is 5.69 Å². The summed E-state index contributed by atoms with van der Waals surface area (Å²) in [6.45, 7) is 3.35. The summed E-state index contributed by atoms with van der Waals surface area (Å²) in [6, 6.07) is 10.2. The number of hydrogen-bond acceptors (Lipinski definition) is 4. The lowest BCUT2D eigenvalue weighted by Gasteiger charge is -2.14. The van der Waals surface area contributed by atoms with Gasteiger partial charge < -0.3 is 10.2 Å². The van der Waals surface area contributed by atoms with E-state index in [9.17, 15) is 18.0 Å². The van der Waals surface area contributed by atoms with Crippen molar-refractivity contribution in [1.82, 2.24) is 15.2 Å². The van der Waals surface area contributed by atoms with Crippen molar-refractivity contribution in [3.05, 3.63) is 53.6 Å². The first-order valence-corrected chi connectivity index (χ1v) is 7.71. The first-order valence-electron chi connectivity index (χ1n) is 7.71. The maximum Gasteiger partial charge on any atom is 0.416 e. The summed E-state index contributed by atoms with van der Waals surface area (Å²) < 4.78 is 38.6. The molecule has 0 unspecified atom stereocenters. The number of rotatable bonds is 4. The number of alkyl halides is 3. The third-order valence-corrected chi connectivity index (χ3v) is 3.66. The van der Waals surface area contributed by atoms with Crippen molar-refractivity contribution in [2.45, 2.75) is 26.1 Å². The fourth-order valence-electron chi connectivity index (χ4n) is 2.32. The van der Waals surface area contributed by atoms with Gasteiger partial charge in [0.15, 0.2) is 0 Å². The smallest absolute Gasteiger partial charge is 0.382 e. The Hall–Kier alpha value is -3.10. The third-order valence-electron chi connectivity index (χ3n) is 3.66. The van der Waals surface area contributed by atoms with E-state index in [1.165, 1.54) is 13.0 Å². The monoisotopic (exact) mass is 364 g/mol. The Morgan fingerprint density at radius 3 is 2.69 bits per heavy atom. The SMILES string of the molecule is Cc1cccc(NC(=O)[C@H](C)On2nnc3ccc(C(F)(F)F)cc32)c1. The van der Waals surface area contributed by atoms with Crippen LogP contribution in [0.5, 0.6) is 0 Å². The molecular weight excluding hydrogens is 349 g/mol. The molecule has 26 heavy (non-hydrogen) atoms. The molecule has 3 rings (SSSR count). The number of nitrogens with one attached hydrogen (secondary N) is 1. The molecule has 0 spiro atoms. The minimum atomic E-state index is -4.50. The van der Waals surface area contributed by atoms with Crippen molar-refractivity contribution < 1.29 is 22.8 Å². The van der Waals surface area contributed by atoms with Gasteiger partial charge in [-0.1, -0.05) is 17.0 Å². The van der Waals surface area contributed by atoms with Crippen LogP contribution >= 0.6 is 0 Å². The molecule has 0 saturated heterocycles. The van der Waals surface area contributed by atoms with Gasteiger partial charge in [-0.15, -0.1) is 5.10 Å². The zero-order valence-corrected chi connectivity index (χ0v) is 13.9. The van der Waals surface area contributed by atoms with Crippen LogP contribution < -0.4 is 10.2 Å². The Morgan fingerprint density at radius 2 is 2.00 bits per heavy atom. The third kappa shape index (κ3) is 3.76. The molecule has 1 aromatic heterocycles. The zero-order chi connectivity index (χ0) is 18.9. The minimum Gasteiger partial charge on any atom is -0.382 e. The van der Waals surface area contributed by atoms with E-state index in [1.807, 2.05) is 13.0 Å². The quantitative estimate of drug-likeness (QED) is 0.772. The second-order valence-electron chi connectivity index (χ2n) is 5.77. The predicted molar refractivity (Wildman–Crippen MR) is 88.4 cm³/mol. The summed E-state index contributed by atoms with van der Waals surface area (Å²) in [6.07, 6.45) is -5.51. The highest BCUT2D eigenvalue weighted by atomic mass is 19.4. The number of benzene rings is 2. The van der Waals surface area contributed by atoms with Gasteiger partial charge >= 0.3 is 6.18 Å². The topological polar surface area (TPSA) is 69.0 Å². The number of carbonyl (C=O) groups excluding carboxylic acids is 1. The molecule has 0 aliphatic carbocycles. The van der Waals surface area contributed by atoms with Gasteiger partial charge in [0.1, 0.15) is 11.0 Å². The summed E-state index contributed by atoms with van der Waals surface area (Å²) >= 11 is 0. The zero-order valence-electron chi connectivity index (χ0n) is 13.9. The number of nitrogens with zero attached hydrogens (tertiary/aromatic N) is 3. The van der Waals surface area contributed by atoms with Gasteiger partial charge in [-0.25, -0.2) is 0 Å². The van der Waals surface area contributed by atoms with Crippen LogP contribution in [-0.4, -0.2) is 27.2 Å². The summed E-state index contributed by atoms with van der Waals surface area (Å²) in [4.78, 5) is 18.4. The number of carbonyl (C=O) groups is 1. The molecular formula is C17H15F3N4O2. The van der Waals surface area contributed by atoms with Gasteiger partial charge in [0, 0.05) is 5.69 Å². The molecule has 0 bridgehead atoms. The Bertz CT molecular complexity index is 953. The maximum absolute atomic E-state index is 12.9. The molecule has 9 heteroatoms. The lowest BCUT2D eigenvalue weighted by molar-refractivity contribution is -0.137. The van der Waals surface area contributed by atoms with E-state index in [-0.39, 0.29) is 11.0 Å². The number of halogens is 3. The standard InChI is InChI=1S/C17H15F3N4O2/c1-10-4-3-5-13(8-10)21-16(25)11(2)26-24-15-9-12(17(18,19)20)6-7-14(15)22-23-24/h3-9,11H,1-2H3,(H,21,25)/t11-/m0/s1. The first-order chi connectivity index (χ1) is 12.2. The molecule has 0 aliphatic heterocycles. The molecule has 2 aromatic carbocycles. The Balaban J connectivity index is 1.78. The average Bonchev–Trinajstić information content (AvgIpc) is 2.96. The molecule has 136 valence electrons. The highest BCUT2D eigenvalue weighted by molar-refractivity contribution is 5.94. The molecule has 1 amide bonds. The molecule has 1 atom stereocenters. The van der Waals surface area contributed by atoms with Crippen LogP contribution in [-0.2, 0) is 11.0 Å². The fourth-order valence-corrected chi connectivity index (χ4v) is 2.32. The molecule has 1 N–H and O–H groups in total. The minimum absolute atomic E-state index is 0.0232. The normalized spacial score (nSPS) is 12.8. The number of amides is 1. The van der Waals surface area contributed by atoms with Crippen LogP contribution in [0.1, 0.15) is 18.1 Å². The van der Waals surface area contributed by atoms with Crippen molar-refractivity contribution >= 4 is 22.6 Å². The van der Waals surface area contributed by atoms with Crippen LogP contribution in [0, 0.1) is 6.92 Å². The fraction of sp³-hybridized carbons (Fsp3) is 0.235. The molecule has 0 saturated carbocycles. The Labute approximate surface area is 146 Å². The van der Waals surface area contributed by atoms with Gasteiger partial charge in [0.2, 0.25) is 6.10 Å². The largest absolute Gasteiger partial charge is 0.416 e. The van der Waals surface area contributed by atoms with E-state index < -0.39 is 23.8 Å². The Morgan fingerprint density at radius 1 is 1.23 bits per heavy atom. The van der Waals surface area contributed by atoms with Crippen molar-refractivity contribution in [2.75, 3.05) is 5.32 Å². The van der Waals surface area contributed by atoms with Gasteiger partial charge in [-0.05, 0) is 55.0 Å². The van der Waals surface area contributed by atoms with Crippen LogP contribution in [0.3, 0.4) is 0 Å².